The van der Waals surface area contributed by atoms with Crippen LogP contribution in [0.5, 0.6) is 0 Å². The van der Waals surface area contributed by atoms with Gasteiger partial charge in [0.2, 0.25) is 0 Å². The summed E-state index contributed by atoms with van der Waals surface area (Å²) in [5, 5.41) is 15.6. The summed E-state index contributed by atoms with van der Waals surface area (Å²) in [6.07, 6.45) is -4.76. The molecule has 10 heteroatoms. The maximum atomic E-state index is 13.6. The van der Waals surface area contributed by atoms with Crippen molar-refractivity contribution in [3.8, 4) is 22.3 Å². The van der Waals surface area contributed by atoms with Crippen molar-refractivity contribution >= 4 is 40.8 Å². The van der Waals surface area contributed by atoms with E-state index < -0.39 is 23.6 Å². The zero-order chi connectivity index (χ0) is 29.7. The second-order valence-corrected chi connectivity index (χ2v) is 10.2. The van der Waals surface area contributed by atoms with Crippen molar-refractivity contribution in [1.82, 2.24) is 5.32 Å². The lowest BCUT2D eigenvalue weighted by atomic mass is 9.96. The minimum absolute atomic E-state index is 0.0380. The van der Waals surface area contributed by atoms with Crippen LogP contribution < -0.4 is 10.6 Å². The number of hydrogen-bond donors (Lipinski definition) is 3. The molecule has 0 bridgehead atoms. The zero-order valence-electron chi connectivity index (χ0n) is 21.8. The van der Waals surface area contributed by atoms with Gasteiger partial charge >= 0.3 is 12.1 Å². The molecular weight excluding hydrogens is 576 g/mol. The molecule has 3 N–H and O–H groups in total. The Morgan fingerprint density at radius 3 is 2.20 bits per heavy atom. The van der Waals surface area contributed by atoms with Crippen LogP contribution >= 0.6 is 23.2 Å². The van der Waals surface area contributed by atoms with E-state index in [-0.39, 0.29) is 25.1 Å². The number of carboxylic acid groups (broad SMARTS) is 1. The molecular formula is C31H25Cl2F3N2O3. The van der Waals surface area contributed by atoms with Crippen LogP contribution in [-0.4, -0.2) is 23.5 Å². The number of carbonyl (C=O) groups is 2. The van der Waals surface area contributed by atoms with Gasteiger partial charge in [-0.25, -0.2) is 0 Å². The quantitative estimate of drug-likeness (QED) is 0.180. The number of carbonyl (C=O) groups excluding carboxylic acids is 1. The number of hydrogen-bond acceptors (Lipinski definition) is 3. The van der Waals surface area contributed by atoms with Crippen LogP contribution in [0.2, 0.25) is 10.0 Å². The number of aryl methyl sites for hydroxylation is 1. The lowest BCUT2D eigenvalue weighted by Gasteiger charge is -2.16. The van der Waals surface area contributed by atoms with Gasteiger partial charge in [-0.15, -0.1) is 0 Å². The summed E-state index contributed by atoms with van der Waals surface area (Å²) in [5.74, 6) is -1.51. The molecule has 0 atom stereocenters. The number of anilines is 1. The molecule has 1 amide bonds. The Morgan fingerprint density at radius 2 is 1.56 bits per heavy atom. The van der Waals surface area contributed by atoms with E-state index >= 15 is 0 Å². The van der Waals surface area contributed by atoms with Gasteiger partial charge in [0.05, 0.1) is 17.0 Å². The summed E-state index contributed by atoms with van der Waals surface area (Å²) < 4.78 is 40.7. The molecule has 0 unspecified atom stereocenters. The Hall–Kier alpha value is -4.01. The zero-order valence-corrected chi connectivity index (χ0v) is 23.3. The molecule has 0 aliphatic carbocycles. The summed E-state index contributed by atoms with van der Waals surface area (Å²) >= 11 is 12.7. The second-order valence-electron chi connectivity index (χ2n) is 9.35. The van der Waals surface area contributed by atoms with Crippen molar-refractivity contribution in [1.29, 1.82) is 0 Å². The Bertz CT molecular complexity index is 1590. The van der Waals surface area contributed by atoms with E-state index in [1.54, 1.807) is 24.3 Å². The van der Waals surface area contributed by atoms with Gasteiger partial charge in [-0.2, -0.15) is 13.2 Å². The van der Waals surface area contributed by atoms with Crippen LogP contribution in [0, 0.1) is 6.92 Å². The smallest absolute Gasteiger partial charge is 0.416 e. The van der Waals surface area contributed by atoms with E-state index in [9.17, 15) is 22.8 Å². The summed E-state index contributed by atoms with van der Waals surface area (Å²) in [5.41, 5.74) is 4.33. The molecule has 0 aromatic heterocycles. The van der Waals surface area contributed by atoms with Gasteiger partial charge in [-0.05, 0) is 83.3 Å². The Balaban J connectivity index is 1.57. The minimum Gasteiger partial charge on any atom is -0.481 e. The number of nitrogens with one attached hydrogen (secondary N) is 2. The number of rotatable bonds is 9. The van der Waals surface area contributed by atoms with Crippen LogP contribution in [0.3, 0.4) is 0 Å². The normalized spacial score (nSPS) is 11.3. The maximum Gasteiger partial charge on any atom is 0.416 e. The van der Waals surface area contributed by atoms with E-state index in [0.717, 1.165) is 28.8 Å². The number of carboxylic acids is 1. The molecule has 212 valence electrons. The van der Waals surface area contributed by atoms with Crippen molar-refractivity contribution in [2.75, 3.05) is 11.9 Å². The van der Waals surface area contributed by atoms with Gasteiger partial charge < -0.3 is 15.7 Å². The Kier molecular flexibility index (Phi) is 9.25. The van der Waals surface area contributed by atoms with Crippen molar-refractivity contribution in [2.24, 2.45) is 0 Å². The van der Waals surface area contributed by atoms with E-state index in [1.807, 2.05) is 31.2 Å². The van der Waals surface area contributed by atoms with Gasteiger partial charge in [-0.1, -0.05) is 53.5 Å². The van der Waals surface area contributed by atoms with E-state index in [1.165, 1.54) is 18.2 Å². The standard InChI is InChI=1S/C31H25Cl2F3N2O3/c1-18-14-23(32)8-10-25(18)26-11-9-24(16-28(26)33)38-17-21-6-7-22(31(34,35)36)15-27(21)19-2-4-20(5-3-19)30(41)37-13-12-29(39)40/h2-11,14-16,38H,12-13,17H2,1H3,(H,37,41)(H,39,40). The van der Waals surface area contributed by atoms with Crippen LogP contribution in [-0.2, 0) is 17.5 Å². The molecule has 0 spiro atoms. The minimum atomic E-state index is -4.53. The van der Waals surface area contributed by atoms with Gasteiger partial charge in [0.15, 0.2) is 0 Å². The lowest BCUT2D eigenvalue weighted by molar-refractivity contribution is -0.138. The van der Waals surface area contributed by atoms with Crippen molar-refractivity contribution < 1.29 is 27.9 Å². The average Bonchev–Trinajstić information content (AvgIpc) is 2.91. The molecule has 0 saturated carbocycles. The fraction of sp³-hybridized carbons (Fsp3) is 0.161. The number of aliphatic carboxylic acids is 1. The highest BCUT2D eigenvalue weighted by atomic mass is 35.5. The largest absolute Gasteiger partial charge is 0.481 e. The molecule has 4 aromatic rings. The lowest BCUT2D eigenvalue weighted by Crippen LogP contribution is -2.25. The molecule has 41 heavy (non-hydrogen) atoms. The summed E-state index contributed by atoms with van der Waals surface area (Å²) in [7, 11) is 0. The predicted octanol–water partition coefficient (Wildman–Crippen LogP) is 8.47. The molecule has 0 aliphatic heterocycles. The molecule has 0 aliphatic rings. The van der Waals surface area contributed by atoms with Crippen molar-refractivity contribution in [2.45, 2.75) is 26.1 Å². The number of halogens is 5. The predicted molar refractivity (Wildman–Crippen MR) is 155 cm³/mol. The third-order valence-electron chi connectivity index (χ3n) is 6.45. The second kappa shape index (κ2) is 12.7. The Morgan fingerprint density at radius 1 is 0.854 bits per heavy atom. The van der Waals surface area contributed by atoms with Gasteiger partial charge in [0.25, 0.3) is 5.91 Å². The SMILES string of the molecule is Cc1cc(Cl)ccc1-c1ccc(NCc2ccc(C(F)(F)F)cc2-c2ccc(C(=O)NCCC(=O)O)cc2)cc1Cl. The highest BCUT2D eigenvalue weighted by molar-refractivity contribution is 6.34. The van der Waals surface area contributed by atoms with Crippen LogP contribution in [0.4, 0.5) is 18.9 Å². The summed E-state index contributed by atoms with van der Waals surface area (Å²) in [6, 6.07) is 20.6. The van der Waals surface area contributed by atoms with Gasteiger partial charge in [-0.3, -0.25) is 9.59 Å². The molecule has 0 heterocycles. The summed E-state index contributed by atoms with van der Waals surface area (Å²) in [6.45, 7) is 2.11. The third-order valence-corrected chi connectivity index (χ3v) is 7.00. The monoisotopic (exact) mass is 600 g/mol. The number of amides is 1. The van der Waals surface area contributed by atoms with Crippen molar-refractivity contribution in [3.05, 3.63) is 111 Å². The first-order valence-corrected chi connectivity index (χ1v) is 13.3. The third kappa shape index (κ3) is 7.60. The Labute approximate surface area is 244 Å². The highest BCUT2D eigenvalue weighted by Gasteiger charge is 2.31. The molecule has 0 fully saturated rings. The van der Waals surface area contributed by atoms with Gasteiger partial charge in [0, 0.05) is 34.9 Å². The van der Waals surface area contributed by atoms with Crippen LogP contribution in [0.25, 0.3) is 22.3 Å². The first kappa shape index (κ1) is 30.0. The molecule has 0 saturated heterocycles. The molecule has 0 radical (unpaired) electrons. The van der Waals surface area contributed by atoms with E-state index in [2.05, 4.69) is 10.6 Å². The molecule has 4 aromatic carbocycles. The summed E-state index contributed by atoms with van der Waals surface area (Å²) in [4.78, 5) is 22.9. The van der Waals surface area contributed by atoms with E-state index in [4.69, 9.17) is 28.3 Å². The first-order valence-electron chi connectivity index (χ1n) is 12.5. The van der Waals surface area contributed by atoms with E-state index in [0.29, 0.717) is 32.4 Å². The fourth-order valence-corrected chi connectivity index (χ4v) is 4.84. The maximum absolute atomic E-state index is 13.6. The first-order chi connectivity index (χ1) is 19.4. The van der Waals surface area contributed by atoms with Crippen molar-refractivity contribution in [3.63, 3.8) is 0 Å². The topological polar surface area (TPSA) is 78.4 Å². The average molecular weight is 601 g/mol. The fourth-order valence-electron chi connectivity index (χ4n) is 4.33. The van der Waals surface area contributed by atoms with Crippen LogP contribution in [0.15, 0.2) is 78.9 Å². The van der Waals surface area contributed by atoms with Gasteiger partial charge in [0.1, 0.15) is 0 Å². The number of benzene rings is 4. The number of alkyl halides is 3. The molecule has 5 nitrogen and oxygen atoms in total. The van der Waals surface area contributed by atoms with Crippen LogP contribution in [0.1, 0.15) is 33.5 Å². The highest BCUT2D eigenvalue weighted by Crippen LogP contribution is 2.36. The molecule has 4 rings (SSSR count).